The molecule has 146 valence electrons. The van der Waals surface area contributed by atoms with Gasteiger partial charge in [0.2, 0.25) is 5.91 Å². The number of carbonyl (C=O) groups excluding carboxylic acids is 1. The highest BCUT2D eigenvalue weighted by Crippen LogP contribution is 2.33. The van der Waals surface area contributed by atoms with Crippen LogP contribution < -0.4 is 15.0 Å². The van der Waals surface area contributed by atoms with Crippen molar-refractivity contribution >= 4 is 38.3 Å². The molecule has 1 saturated heterocycles. The summed E-state index contributed by atoms with van der Waals surface area (Å²) in [4.78, 5) is 19.6. The number of thiazole rings is 1. The maximum absolute atomic E-state index is 13.5. The van der Waals surface area contributed by atoms with Crippen LogP contribution in [-0.2, 0) is 4.79 Å². The largest absolute Gasteiger partial charge is 0.495 e. The average molecular weight is 399 g/mol. The summed E-state index contributed by atoms with van der Waals surface area (Å²) in [6.07, 6.45) is 1.74. The minimum absolute atomic E-state index is 0.0132. The summed E-state index contributed by atoms with van der Waals surface area (Å²) in [6, 6.07) is 10.4. The van der Waals surface area contributed by atoms with E-state index in [1.165, 1.54) is 23.5 Å². The number of piperidine rings is 1. The Morgan fingerprint density at radius 2 is 2.18 bits per heavy atom. The quantitative estimate of drug-likeness (QED) is 0.696. The van der Waals surface area contributed by atoms with Gasteiger partial charge in [-0.15, -0.1) is 0 Å². The number of rotatable bonds is 4. The number of nitrogens with zero attached hydrogens (tertiary/aromatic N) is 2. The van der Waals surface area contributed by atoms with Crippen LogP contribution in [0.4, 0.5) is 15.2 Å². The van der Waals surface area contributed by atoms with E-state index in [4.69, 9.17) is 4.74 Å². The molecule has 1 amide bonds. The van der Waals surface area contributed by atoms with Gasteiger partial charge in [0.1, 0.15) is 11.6 Å². The normalized spacial score (nSPS) is 17.0. The van der Waals surface area contributed by atoms with Gasteiger partial charge < -0.3 is 15.0 Å². The van der Waals surface area contributed by atoms with Crippen molar-refractivity contribution in [3.63, 3.8) is 0 Å². The molecule has 0 saturated carbocycles. The molecule has 1 atom stereocenters. The van der Waals surface area contributed by atoms with Gasteiger partial charge in [-0.2, -0.15) is 0 Å². The van der Waals surface area contributed by atoms with Crippen LogP contribution in [0.25, 0.3) is 10.2 Å². The van der Waals surface area contributed by atoms with Crippen LogP contribution in [0.1, 0.15) is 18.4 Å². The number of hydrogen-bond acceptors (Lipinski definition) is 5. The second-order valence-corrected chi connectivity index (χ2v) is 8.10. The van der Waals surface area contributed by atoms with Crippen molar-refractivity contribution in [2.45, 2.75) is 19.8 Å². The number of nitrogens with one attached hydrogen (secondary N) is 1. The second kappa shape index (κ2) is 7.75. The van der Waals surface area contributed by atoms with Crippen molar-refractivity contribution < 1.29 is 13.9 Å². The number of methoxy groups -OCH3 is 1. The second-order valence-electron chi connectivity index (χ2n) is 7.09. The molecule has 2 heterocycles. The first-order chi connectivity index (χ1) is 13.5. The van der Waals surface area contributed by atoms with Crippen LogP contribution in [0.5, 0.6) is 5.75 Å². The highest BCUT2D eigenvalue weighted by atomic mass is 32.1. The number of halogens is 1. The lowest BCUT2D eigenvalue weighted by atomic mass is 9.97. The Kier molecular flexibility index (Phi) is 5.17. The van der Waals surface area contributed by atoms with Gasteiger partial charge in [-0.25, -0.2) is 9.37 Å². The van der Waals surface area contributed by atoms with Gasteiger partial charge in [-0.3, -0.25) is 4.79 Å². The first-order valence-electron chi connectivity index (χ1n) is 9.30. The maximum atomic E-state index is 13.5. The molecule has 1 aromatic heterocycles. The average Bonchev–Trinajstić information content (AvgIpc) is 3.11. The van der Waals surface area contributed by atoms with E-state index in [-0.39, 0.29) is 17.6 Å². The van der Waals surface area contributed by atoms with Gasteiger partial charge in [0, 0.05) is 13.1 Å². The van der Waals surface area contributed by atoms with E-state index in [2.05, 4.69) is 15.2 Å². The molecule has 4 rings (SSSR count). The first kappa shape index (κ1) is 18.7. The van der Waals surface area contributed by atoms with Gasteiger partial charge in [-0.05, 0) is 55.7 Å². The van der Waals surface area contributed by atoms with E-state index in [0.717, 1.165) is 40.3 Å². The molecule has 1 aliphatic rings. The third-order valence-corrected chi connectivity index (χ3v) is 6.09. The smallest absolute Gasteiger partial charge is 0.229 e. The Balaban J connectivity index is 1.50. The fraction of sp³-hybridized carbons (Fsp3) is 0.333. The molecule has 2 aromatic carbocycles. The van der Waals surface area contributed by atoms with E-state index in [1.807, 2.05) is 25.1 Å². The van der Waals surface area contributed by atoms with Crippen molar-refractivity contribution in [3.8, 4) is 5.75 Å². The minimum Gasteiger partial charge on any atom is -0.495 e. The Labute approximate surface area is 167 Å². The summed E-state index contributed by atoms with van der Waals surface area (Å²) in [5.74, 6) is 0.244. The number of ether oxygens (including phenoxy) is 1. The van der Waals surface area contributed by atoms with Gasteiger partial charge in [0.25, 0.3) is 0 Å². The summed E-state index contributed by atoms with van der Waals surface area (Å²) in [6.45, 7) is 3.43. The topological polar surface area (TPSA) is 54.5 Å². The molecular formula is C21H22FN3O2S. The molecular weight excluding hydrogens is 377 g/mol. The number of anilines is 2. The third kappa shape index (κ3) is 3.80. The van der Waals surface area contributed by atoms with E-state index < -0.39 is 0 Å². The summed E-state index contributed by atoms with van der Waals surface area (Å²) in [7, 11) is 1.60. The van der Waals surface area contributed by atoms with Crippen LogP contribution in [-0.4, -0.2) is 31.1 Å². The van der Waals surface area contributed by atoms with Gasteiger partial charge in [0.05, 0.1) is 28.9 Å². The molecule has 0 aliphatic carbocycles. The van der Waals surface area contributed by atoms with E-state index in [0.29, 0.717) is 18.0 Å². The van der Waals surface area contributed by atoms with Crippen LogP contribution >= 0.6 is 11.3 Å². The van der Waals surface area contributed by atoms with Gasteiger partial charge in [-0.1, -0.05) is 17.4 Å². The predicted octanol–water partition coefficient (Wildman–Crippen LogP) is 4.61. The number of hydrogen-bond donors (Lipinski definition) is 1. The number of amides is 1. The molecule has 0 bridgehead atoms. The highest BCUT2D eigenvalue weighted by Gasteiger charge is 2.28. The number of fused-ring (bicyclic) bond motifs is 1. The standard InChI is InChI=1S/C21H22FN3O2S/c1-13-5-8-18(27-2)17(10-13)23-20(26)14-4-3-9-25(12-14)21-24-16-7-6-15(22)11-19(16)28-21/h5-8,10-11,14H,3-4,9,12H2,1-2H3,(H,23,26). The zero-order valence-corrected chi connectivity index (χ0v) is 16.7. The maximum Gasteiger partial charge on any atom is 0.229 e. The Morgan fingerprint density at radius 3 is 3.00 bits per heavy atom. The van der Waals surface area contributed by atoms with Crippen molar-refractivity contribution in [3.05, 3.63) is 47.8 Å². The molecule has 28 heavy (non-hydrogen) atoms. The minimum atomic E-state index is -0.259. The zero-order chi connectivity index (χ0) is 19.7. The molecule has 1 unspecified atom stereocenters. The van der Waals surface area contributed by atoms with E-state index >= 15 is 0 Å². The van der Waals surface area contributed by atoms with Crippen molar-refractivity contribution in [2.75, 3.05) is 30.4 Å². The van der Waals surface area contributed by atoms with E-state index in [1.54, 1.807) is 13.2 Å². The molecule has 1 N–H and O–H groups in total. The zero-order valence-electron chi connectivity index (χ0n) is 15.9. The van der Waals surface area contributed by atoms with Crippen molar-refractivity contribution in [1.82, 2.24) is 4.98 Å². The molecule has 0 spiro atoms. The number of benzene rings is 2. The lowest BCUT2D eigenvalue weighted by Gasteiger charge is -2.31. The number of aromatic nitrogens is 1. The van der Waals surface area contributed by atoms with Crippen LogP contribution in [0, 0.1) is 18.7 Å². The number of carbonyl (C=O) groups is 1. The first-order valence-corrected chi connectivity index (χ1v) is 10.1. The van der Waals surface area contributed by atoms with Crippen LogP contribution in [0.15, 0.2) is 36.4 Å². The van der Waals surface area contributed by atoms with Gasteiger partial charge in [0.15, 0.2) is 5.13 Å². The van der Waals surface area contributed by atoms with Crippen molar-refractivity contribution in [2.24, 2.45) is 5.92 Å². The fourth-order valence-corrected chi connectivity index (χ4v) is 4.57. The lowest BCUT2D eigenvalue weighted by molar-refractivity contribution is -0.120. The summed E-state index contributed by atoms with van der Waals surface area (Å²) in [5, 5.41) is 3.86. The summed E-state index contributed by atoms with van der Waals surface area (Å²) >= 11 is 1.47. The number of aryl methyl sites for hydroxylation is 1. The Bertz CT molecular complexity index is 1020. The Hall–Kier alpha value is -2.67. The monoisotopic (exact) mass is 399 g/mol. The van der Waals surface area contributed by atoms with Crippen molar-refractivity contribution in [1.29, 1.82) is 0 Å². The van der Waals surface area contributed by atoms with Crippen LogP contribution in [0.2, 0.25) is 0 Å². The molecule has 7 heteroatoms. The van der Waals surface area contributed by atoms with E-state index in [9.17, 15) is 9.18 Å². The summed E-state index contributed by atoms with van der Waals surface area (Å²) < 4.78 is 19.6. The van der Waals surface area contributed by atoms with Crippen LogP contribution in [0.3, 0.4) is 0 Å². The SMILES string of the molecule is COc1ccc(C)cc1NC(=O)C1CCCN(c2nc3ccc(F)cc3s2)C1. The Morgan fingerprint density at radius 1 is 1.32 bits per heavy atom. The summed E-state index contributed by atoms with van der Waals surface area (Å²) in [5.41, 5.74) is 2.54. The van der Waals surface area contributed by atoms with Gasteiger partial charge >= 0.3 is 0 Å². The molecule has 0 radical (unpaired) electrons. The molecule has 1 aliphatic heterocycles. The molecule has 5 nitrogen and oxygen atoms in total. The highest BCUT2D eigenvalue weighted by molar-refractivity contribution is 7.22. The molecule has 3 aromatic rings. The predicted molar refractivity (Wildman–Crippen MR) is 111 cm³/mol. The molecule has 1 fully saturated rings. The third-order valence-electron chi connectivity index (χ3n) is 5.01. The lowest BCUT2D eigenvalue weighted by Crippen LogP contribution is -2.40. The fourth-order valence-electron chi connectivity index (χ4n) is 3.54.